The van der Waals surface area contributed by atoms with Gasteiger partial charge in [-0.1, -0.05) is 26.7 Å². The molecule has 0 radical (unpaired) electrons. The average molecular weight is 302 g/mol. The molecule has 0 saturated carbocycles. The van der Waals surface area contributed by atoms with Crippen molar-refractivity contribution in [1.82, 2.24) is 20.1 Å². The van der Waals surface area contributed by atoms with E-state index in [0.29, 0.717) is 11.5 Å². The molecule has 0 aliphatic heterocycles. The molecule has 1 amide bonds. The van der Waals surface area contributed by atoms with Gasteiger partial charge in [-0.3, -0.25) is 9.48 Å². The second kappa shape index (κ2) is 6.90. The number of hydrogen-bond donors (Lipinski definition) is 1. The molecule has 0 unspecified atom stereocenters. The number of fused-ring (bicyclic) bond motifs is 1. The van der Waals surface area contributed by atoms with Crippen LogP contribution in [-0.4, -0.2) is 26.7 Å². The van der Waals surface area contributed by atoms with E-state index in [1.807, 2.05) is 20.0 Å². The van der Waals surface area contributed by atoms with Crippen molar-refractivity contribution in [3.8, 4) is 0 Å². The average Bonchev–Trinajstić information content (AvgIpc) is 2.73. The summed E-state index contributed by atoms with van der Waals surface area (Å²) in [5.41, 5.74) is 2.29. The first-order valence-electron chi connectivity index (χ1n) is 7.98. The maximum absolute atomic E-state index is 12.3. The smallest absolute Gasteiger partial charge is 0.253 e. The number of amides is 1. The first kappa shape index (κ1) is 16.5. The number of carbonyl (C=O) groups is 1. The highest BCUT2D eigenvalue weighted by atomic mass is 16.1. The van der Waals surface area contributed by atoms with Gasteiger partial charge < -0.3 is 5.32 Å². The van der Waals surface area contributed by atoms with E-state index >= 15 is 0 Å². The molecule has 0 fully saturated rings. The van der Waals surface area contributed by atoms with Gasteiger partial charge in [0, 0.05) is 24.7 Å². The van der Waals surface area contributed by atoms with Gasteiger partial charge in [0.15, 0.2) is 5.65 Å². The van der Waals surface area contributed by atoms with Gasteiger partial charge >= 0.3 is 0 Å². The van der Waals surface area contributed by atoms with Gasteiger partial charge in [0.1, 0.15) is 0 Å². The minimum atomic E-state index is -0.0605. The lowest BCUT2D eigenvalue weighted by Gasteiger charge is -2.14. The molecule has 2 rings (SSSR count). The van der Waals surface area contributed by atoms with Crippen LogP contribution in [0.3, 0.4) is 0 Å². The van der Waals surface area contributed by atoms with Crippen LogP contribution in [0.25, 0.3) is 11.0 Å². The summed E-state index contributed by atoms with van der Waals surface area (Å²) in [7, 11) is 1.86. The fraction of sp³-hybridized carbons (Fsp3) is 0.588. The van der Waals surface area contributed by atoms with Crippen LogP contribution in [0.15, 0.2) is 12.3 Å². The van der Waals surface area contributed by atoms with Crippen LogP contribution in [0.2, 0.25) is 0 Å². The normalized spacial score (nSPS) is 12.8. The Kier molecular flexibility index (Phi) is 5.16. The van der Waals surface area contributed by atoms with E-state index in [0.717, 1.165) is 29.6 Å². The maximum Gasteiger partial charge on any atom is 0.253 e. The highest BCUT2D eigenvalue weighted by Gasteiger charge is 2.13. The first-order valence-corrected chi connectivity index (χ1v) is 7.98. The van der Waals surface area contributed by atoms with Gasteiger partial charge in [0.2, 0.25) is 0 Å². The topological polar surface area (TPSA) is 59.8 Å². The van der Waals surface area contributed by atoms with E-state index in [1.54, 1.807) is 10.9 Å². The second-order valence-corrected chi connectivity index (χ2v) is 6.50. The molecule has 2 heterocycles. The lowest BCUT2D eigenvalue weighted by Crippen LogP contribution is -2.32. The molecule has 0 saturated heterocycles. The van der Waals surface area contributed by atoms with Gasteiger partial charge in [-0.25, -0.2) is 4.98 Å². The van der Waals surface area contributed by atoms with E-state index in [4.69, 9.17) is 0 Å². The highest BCUT2D eigenvalue weighted by molar-refractivity contribution is 5.97. The minimum Gasteiger partial charge on any atom is -0.350 e. The van der Waals surface area contributed by atoms with Gasteiger partial charge in [0.05, 0.1) is 11.3 Å². The van der Waals surface area contributed by atoms with E-state index in [1.165, 1.54) is 6.42 Å². The van der Waals surface area contributed by atoms with Crippen LogP contribution >= 0.6 is 0 Å². The molecule has 1 N–H and O–H groups in total. The van der Waals surface area contributed by atoms with Crippen molar-refractivity contribution in [3.05, 3.63) is 23.5 Å². The summed E-state index contributed by atoms with van der Waals surface area (Å²) in [6, 6.07) is 2.05. The van der Waals surface area contributed by atoms with Crippen LogP contribution < -0.4 is 5.32 Å². The molecule has 120 valence electrons. The van der Waals surface area contributed by atoms with E-state index in [9.17, 15) is 4.79 Å². The molecule has 0 aromatic carbocycles. The Labute approximate surface area is 132 Å². The van der Waals surface area contributed by atoms with Crippen molar-refractivity contribution in [3.63, 3.8) is 0 Å². The fourth-order valence-electron chi connectivity index (χ4n) is 2.64. The monoisotopic (exact) mass is 302 g/mol. The van der Waals surface area contributed by atoms with E-state index < -0.39 is 0 Å². The third kappa shape index (κ3) is 3.84. The molecule has 0 aliphatic carbocycles. The summed E-state index contributed by atoms with van der Waals surface area (Å²) in [4.78, 5) is 16.7. The molecule has 0 spiro atoms. The summed E-state index contributed by atoms with van der Waals surface area (Å²) in [5, 5.41) is 8.32. The Hall–Kier alpha value is -1.91. The molecule has 2 aromatic rings. The summed E-state index contributed by atoms with van der Waals surface area (Å²) < 4.78 is 1.74. The van der Waals surface area contributed by atoms with E-state index in [2.05, 4.69) is 36.2 Å². The summed E-state index contributed by atoms with van der Waals surface area (Å²) in [6.45, 7) is 8.43. The lowest BCUT2D eigenvalue weighted by molar-refractivity contribution is 0.0937. The Morgan fingerprint density at radius 1 is 1.32 bits per heavy atom. The highest BCUT2D eigenvalue weighted by Crippen LogP contribution is 2.16. The second-order valence-electron chi connectivity index (χ2n) is 6.50. The molecular weight excluding hydrogens is 276 g/mol. The first-order chi connectivity index (χ1) is 10.4. The SMILES string of the molecule is Cc1nn(C)c2ncc(C(=O)N[C@H](C)CCCC(C)C)cc12. The maximum atomic E-state index is 12.3. The van der Waals surface area contributed by atoms with E-state index in [-0.39, 0.29) is 11.9 Å². The molecule has 0 bridgehead atoms. The third-order valence-corrected chi connectivity index (χ3v) is 3.92. The van der Waals surface area contributed by atoms with Crippen LogP contribution in [-0.2, 0) is 7.05 Å². The third-order valence-electron chi connectivity index (χ3n) is 3.92. The quantitative estimate of drug-likeness (QED) is 0.891. The van der Waals surface area contributed by atoms with Gasteiger partial charge in [-0.2, -0.15) is 5.10 Å². The van der Waals surface area contributed by atoms with Crippen LogP contribution in [0, 0.1) is 12.8 Å². The molecule has 5 heteroatoms. The van der Waals surface area contributed by atoms with Crippen molar-refractivity contribution in [1.29, 1.82) is 0 Å². The Morgan fingerprint density at radius 3 is 2.73 bits per heavy atom. The summed E-state index contributed by atoms with van der Waals surface area (Å²) >= 11 is 0. The zero-order chi connectivity index (χ0) is 16.3. The van der Waals surface area contributed by atoms with Crippen LogP contribution in [0.1, 0.15) is 56.1 Å². The van der Waals surface area contributed by atoms with Gasteiger partial charge in [-0.15, -0.1) is 0 Å². The number of nitrogens with one attached hydrogen (secondary N) is 1. The van der Waals surface area contributed by atoms with Crippen LogP contribution in [0.4, 0.5) is 0 Å². The van der Waals surface area contributed by atoms with Crippen molar-refractivity contribution < 1.29 is 4.79 Å². The number of pyridine rings is 1. The number of rotatable bonds is 6. The standard InChI is InChI=1S/C17H26N4O/c1-11(2)7-6-8-12(3)19-17(22)14-9-15-13(4)20-21(5)16(15)18-10-14/h9-12H,6-8H2,1-5H3,(H,19,22)/t12-/m1/s1. The van der Waals surface area contributed by atoms with Crippen molar-refractivity contribution in [2.75, 3.05) is 0 Å². The molecule has 22 heavy (non-hydrogen) atoms. The fourth-order valence-corrected chi connectivity index (χ4v) is 2.64. The van der Waals surface area contributed by atoms with Crippen molar-refractivity contribution in [2.24, 2.45) is 13.0 Å². The van der Waals surface area contributed by atoms with Gasteiger partial charge in [0.25, 0.3) is 5.91 Å². The minimum absolute atomic E-state index is 0.0605. The van der Waals surface area contributed by atoms with Crippen molar-refractivity contribution in [2.45, 2.75) is 53.0 Å². The largest absolute Gasteiger partial charge is 0.350 e. The molecule has 2 aromatic heterocycles. The number of nitrogens with zero attached hydrogens (tertiary/aromatic N) is 3. The predicted octanol–water partition coefficient (Wildman–Crippen LogP) is 3.22. The van der Waals surface area contributed by atoms with Crippen LogP contribution in [0.5, 0.6) is 0 Å². The zero-order valence-electron chi connectivity index (χ0n) is 14.2. The molecule has 0 aliphatic rings. The molecule has 5 nitrogen and oxygen atoms in total. The zero-order valence-corrected chi connectivity index (χ0v) is 14.2. The number of aromatic nitrogens is 3. The Bertz CT molecular complexity index is 660. The summed E-state index contributed by atoms with van der Waals surface area (Å²) in [6.07, 6.45) is 4.96. The van der Waals surface area contributed by atoms with Gasteiger partial charge in [-0.05, 0) is 32.3 Å². The molecular formula is C17H26N4O. The molecule has 1 atom stereocenters. The predicted molar refractivity (Wildman–Crippen MR) is 88.9 cm³/mol. The lowest BCUT2D eigenvalue weighted by atomic mass is 10.0. The number of carbonyl (C=O) groups excluding carboxylic acids is 1. The number of aryl methyl sites for hydroxylation is 2. The summed E-state index contributed by atoms with van der Waals surface area (Å²) in [5.74, 6) is 0.651. The Balaban J connectivity index is 2.02. The van der Waals surface area contributed by atoms with Crippen molar-refractivity contribution >= 4 is 16.9 Å². The number of hydrogen-bond acceptors (Lipinski definition) is 3. The Morgan fingerprint density at radius 2 is 2.05 bits per heavy atom.